The highest BCUT2D eigenvalue weighted by molar-refractivity contribution is 5.27. The van der Waals surface area contributed by atoms with E-state index in [1.165, 1.54) is 18.4 Å². The highest BCUT2D eigenvalue weighted by atomic mass is 16.5. The second-order valence-electron chi connectivity index (χ2n) is 6.05. The fourth-order valence-corrected chi connectivity index (χ4v) is 2.79. The Morgan fingerprint density at radius 2 is 1.90 bits per heavy atom. The maximum Gasteiger partial charge on any atom is 0.119 e. The van der Waals surface area contributed by atoms with Gasteiger partial charge in [0.1, 0.15) is 5.75 Å². The molecule has 112 valence electrons. The largest absolute Gasteiger partial charge is 0.491 e. The first-order chi connectivity index (χ1) is 9.65. The molecule has 2 atom stereocenters. The van der Waals surface area contributed by atoms with Crippen LogP contribution in [-0.2, 0) is 6.54 Å². The summed E-state index contributed by atoms with van der Waals surface area (Å²) in [6, 6.07) is 8.24. The summed E-state index contributed by atoms with van der Waals surface area (Å²) in [5.74, 6) is 1.35. The summed E-state index contributed by atoms with van der Waals surface area (Å²) in [5, 5.41) is 13.4. The molecule has 3 nitrogen and oxygen atoms in total. The molecule has 0 saturated heterocycles. The fraction of sp³-hybridized carbons (Fsp3) is 0.647. The van der Waals surface area contributed by atoms with Crippen molar-refractivity contribution in [1.29, 1.82) is 0 Å². The van der Waals surface area contributed by atoms with Crippen LogP contribution < -0.4 is 10.1 Å². The van der Waals surface area contributed by atoms with Gasteiger partial charge in [-0.25, -0.2) is 0 Å². The zero-order chi connectivity index (χ0) is 14.4. The van der Waals surface area contributed by atoms with E-state index in [0.29, 0.717) is 5.92 Å². The number of benzene rings is 1. The molecular weight excluding hydrogens is 250 g/mol. The molecule has 1 aliphatic carbocycles. The smallest absolute Gasteiger partial charge is 0.119 e. The van der Waals surface area contributed by atoms with Gasteiger partial charge in [-0.1, -0.05) is 25.0 Å². The lowest BCUT2D eigenvalue weighted by Gasteiger charge is -2.27. The van der Waals surface area contributed by atoms with E-state index in [0.717, 1.165) is 31.7 Å². The Morgan fingerprint density at radius 3 is 2.55 bits per heavy atom. The summed E-state index contributed by atoms with van der Waals surface area (Å²) in [7, 11) is 0. The molecule has 2 N–H and O–H groups in total. The topological polar surface area (TPSA) is 41.5 Å². The standard InChI is InChI=1S/C17H27NO2/c1-13(2)20-16-9-7-14(8-10-16)11-18-12-15-5-3-4-6-17(15)19/h7-10,13,15,17-19H,3-6,11-12H2,1-2H3. The van der Waals surface area contributed by atoms with E-state index in [1.807, 2.05) is 26.0 Å². The van der Waals surface area contributed by atoms with Crippen molar-refractivity contribution in [1.82, 2.24) is 5.32 Å². The number of hydrogen-bond donors (Lipinski definition) is 2. The molecule has 1 saturated carbocycles. The number of aliphatic hydroxyl groups is 1. The molecule has 2 unspecified atom stereocenters. The van der Waals surface area contributed by atoms with Gasteiger partial charge in [-0.05, 0) is 50.3 Å². The molecule has 1 aromatic rings. The summed E-state index contributed by atoms with van der Waals surface area (Å²) < 4.78 is 5.63. The molecule has 2 rings (SSSR count). The second kappa shape index (κ2) is 7.65. The van der Waals surface area contributed by atoms with Crippen LogP contribution in [0.4, 0.5) is 0 Å². The number of rotatable bonds is 6. The fourth-order valence-electron chi connectivity index (χ4n) is 2.79. The minimum absolute atomic E-state index is 0.113. The summed E-state index contributed by atoms with van der Waals surface area (Å²) in [6.45, 7) is 5.83. The minimum atomic E-state index is -0.113. The molecule has 0 spiro atoms. The van der Waals surface area contributed by atoms with Gasteiger partial charge in [-0.15, -0.1) is 0 Å². The third-order valence-corrected chi connectivity index (χ3v) is 3.90. The zero-order valence-electron chi connectivity index (χ0n) is 12.6. The Morgan fingerprint density at radius 1 is 1.20 bits per heavy atom. The lowest BCUT2D eigenvalue weighted by molar-refractivity contribution is 0.0695. The van der Waals surface area contributed by atoms with Crippen molar-refractivity contribution in [3.8, 4) is 5.75 Å². The molecule has 1 fully saturated rings. The van der Waals surface area contributed by atoms with E-state index in [9.17, 15) is 5.11 Å². The van der Waals surface area contributed by atoms with Gasteiger partial charge in [-0.2, -0.15) is 0 Å². The first kappa shape index (κ1) is 15.3. The molecule has 1 aromatic carbocycles. The van der Waals surface area contributed by atoms with E-state index in [2.05, 4.69) is 17.4 Å². The Kier molecular flexibility index (Phi) is 5.86. The molecule has 0 radical (unpaired) electrons. The van der Waals surface area contributed by atoms with E-state index in [4.69, 9.17) is 4.74 Å². The number of nitrogens with one attached hydrogen (secondary N) is 1. The van der Waals surface area contributed by atoms with Crippen molar-refractivity contribution in [2.45, 2.75) is 58.3 Å². The average Bonchev–Trinajstić information content (AvgIpc) is 2.42. The van der Waals surface area contributed by atoms with Gasteiger partial charge in [0.05, 0.1) is 12.2 Å². The quantitative estimate of drug-likeness (QED) is 0.839. The second-order valence-corrected chi connectivity index (χ2v) is 6.05. The van der Waals surface area contributed by atoms with E-state index in [1.54, 1.807) is 0 Å². The van der Waals surface area contributed by atoms with Crippen LogP contribution in [0.1, 0.15) is 45.1 Å². The number of ether oxygens (including phenoxy) is 1. The van der Waals surface area contributed by atoms with Crippen LogP contribution in [0, 0.1) is 5.92 Å². The van der Waals surface area contributed by atoms with Crippen molar-refractivity contribution in [2.75, 3.05) is 6.54 Å². The van der Waals surface area contributed by atoms with Gasteiger partial charge in [-0.3, -0.25) is 0 Å². The molecule has 0 aliphatic heterocycles. The van der Waals surface area contributed by atoms with Crippen molar-refractivity contribution in [3.63, 3.8) is 0 Å². The Hall–Kier alpha value is -1.06. The third-order valence-electron chi connectivity index (χ3n) is 3.90. The molecular formula is C17H27NO2. The van der Waals surface area contributed by atoms with Crippen LogP contribution in [0.3, 0.4) is 0 Å². The maximum absolute atomic E-state index is 9.93. The summed E-state index contributed by atoms with van der Waals surface area (Å²) >= 11 is 0. The number of hydrogen-bond acceptors (Lipinski definition) is 3. The minimum Gasteiger partial charge on any atom is -0.491 e. The monoisotopic (exact) mass is 277 g/mol. The maximum atomic E-state index is 9.93. The van der Waals surface area contributed by atoms with Crippen molar-refractivity contribution in [2.24, 2.45) is 5.92 Å². The lowest BCUT2D eigenvalue weighted by atomic mass is 9.86. The van der Waals surface area contributed by atoms with Gasteiger partial charge in [0, 0.05) is 13.1 Å². The summed E-state index contributed by atoms with van der Waals surface area (Å²) in [4.78, 5) is 0. The molecule has 0 aromatic heterocycles. The number of aliphatic hydroxyl groups excluding tert-OH is 1. The third kappa shape index (κ3) is 4.80. The molecule has 20 heavy (non-hydrogen) atoms. The Balaban J connectivity index is 1.73. The van der Waals surface area contributed by atoms with Crippen molar-refractivity contribution in [3.05, 3.63) is 29.8 Å². The SMILES string of the molecule is CC(C)Oc1ccc(CNCC2CCCCC2O)cc1. The van der Waals surface area contributed by atoms with Gasteiger partial charge in [0.2, 0.25) is 0 Å². The van der Waals surface area contributed by atoms with Crippen LogP contribution in [0.25, 0.3) is 0 Å². The Labute approximate surface area is 122 Å². The van der Waals surface area contributed by atoms with Crippen LogP contribution >= 0.6 is 0 Å². The average molecular weight is 277 g/mol. The van der Waals surface area contributed by atoms with Crippen LogP contribution in [0.2, 0.25) is 0 Å². The van der Waals surface area contributed by atoms with Gasteiger partial charge in [0.15, 0.2) is 0 Å². The van der Waals surface area contributed by atoms with E-state index < -0.39 is 0 Å². The van der Waals surface area contributed by atoms with E-state index >= 15 is 0 Å². The van der Waals surface area contributed by atoms with Crippen molar-refractivity contribution < 1.29 is 9.84 Å². The van der Waals surface area contributed by atoms with Crippen LogP contribution in [0.5, 0.6) is 5.75 Å². The van der Waals surface area contributed by atoms with Gasteiger partial charge >= 0.3 is 0 Å². The summed E-state index contributed by atoms with van der Waals surface area (Å²) in [5.41, 5.74) is 1.26. The predicted molar refractivity (Wildman–Crippen MR) is 81.9 cm³/mol. The van der Waals surface area contributed by atoms with Gasteiger partial charge in [0.25, 0.3) is 0 Å². The zero-order valence-corrected chi connectivity index (χ0v) is 12.6. The summed E-state index contributed by atoms with van der Waals surface area (Å²) in [6.07, 6.45) is 4.65. The van der Waals surface area contributed by atoms with Crippen LogP contribution in [-0.4, -0.2) is 23.9 Å². The van der Waals surface area contributed by atoms with Crippen LogP contribution in [0.15, 0.2) is 24.3 Å². The Bertz CT molecular complexity index is 388. The lowest BCUT2D eigenvalue weighted by Crippen LogP contribution is -2.33. The molecule has 0 amide bonds. The first-order valence-corrected chi connectivity index (χ1v) is 7.79. The van der Waals surface area contributed by atoms with Crippen molar-refractivity contribution >= 4 is 0 Å². The highest BCUT2D eigenvalue weighted by Crippen LogP contribution is 2.23. The molecule has 0 bridgehead atoms. The molecule has 1 aliphatic rings. The van der Waals surface area contributed by atoms with Gasteiger partial charge < -0.3 is 15.2 Å². The first-order valence-electron chi connectivity index (χ1n) is 7.79. The predicted octanol–water partition coefficient (Wildman–Crippen LogP) is 3.11. The highest BCUT2D eigenvalue weighted by Gasteiger charge is 2.22. The molecule has 3 heteroatoms. The molecule has 0 heterocycles. The van der Waals surface area contributed by atoms with E-state index in [-0.39, 0.29) is 12.2 Å². The normalized spacial score (nSPS) is 23.0.